The van der Waals surface area contributed by atoms with Gasteiger partial charge in [0.1, 0.15) is 0 Å². The van der Waals surface area contributed by atoms with Crippen molar-refractivity contribution in [2.45, 2.75) is 19.8 Å². The number of nitrogens with zero attached hydrogens (tertiary/aromatic N) is 3. The Morgan fingerprint density at radius 1 is 1.31 bits per heavy atom. The van der Waals surface area contributed by atoms with Crippen LogP contribution in [-0.2, 0) is 4.79 Å². The van der Waals surface area contributed by atoms with Gasteiger partial charge in [-0.15, -0.1) is 0 Å². The highest BCUT2D eigenvalue weighted by Crippen LogP contribution is 2.27. The minimum absolute atomic E-state index is 0.0165. The van der Waals surface area contributed by atoms with Gasteiger partial charge in [-0.1, -0.05) is 22.9 Å². The van der Waals surface area contributed by atoms with Crippen molar-refractivity contribution in [2.75, 3.05) is 25.0 Å². The van der Waals surface area contributed by atoms with Gasteiger partial charge < -0.3 is 14.3 Å². The summed E-state index contributed by atoms with van der Waals surface area (Å²) in [7, 11) is 0. The van der Waals surface area contributed by atoms with Crippen molar-refractivity contribution in [3.05, 3.63) is 53.6 Å². The Labute approximate surface area is 151 Å². The lowest BCUT2D eigenvalue weighted by molar-refractivity contribution is -0.118. The second-order valence-corrected chi connectivity index (χ2v) is 6.69. The molecule has 0 unspecified atom stereocenters. The van der Waals surface area contributed by atoms with E-state index in [0.717, 1.165) is 24.3 Å². The molecule has 1 N–H and O–H groups in total. The highest BCUT2D eigenvalue weighted by molar-refractivity contribution is 5.93. The van der Waals surface area contributed by atoms with Crippen LogP contribution >= 0.6 is 0 Å². The summed E-state index contributed by atoms with van der Waals surface area (Å²) in [6.45, 7) is 5.82. The van der Waals surface area contributed by atoms with Crippen molar-refractivity contribution in [2.24, 2.45) is 0 Å². The Kier molecular flexibility index (Phi) is 4.30. The molecular weight excluding hydrogens is 332 g/mol. The highest BCUT2D eigenvalue weighted by atomic mass is 16.5. The van der Waals surface area contributed by atoms with E-state index < -0.39 is 0 Å². The molecule has 0 spiro atoms. The number of furan rings is 1. The topological polar surface area (TPSA) is 84.4 Å². The van der Waals surface area contributed by atoms with Crippen LogP contribution in [0.3, 0.4) is 0 Å². The lowest BCUT2D eigenvalue weighted by atomic mass is 10.0. The van der Waals surface area contributed by atoms with Gasteiger partial charge in [0.05, 0.1) is 18.7 Å². The van der Waals surface area contributed by atoms with Gasteiger partial charge in [-0.05, 0) is 37.6 Å². The van der Waals surface area contributed by atoms with Crippen LogP contribution in [-0.4, -0.2) is 40.6 Å². The average Bonchev–Trinajstić information content (AvgIpc) is 3.24. The maximum atomic E-state index is 12.2. The van der Waals surface area contributed by atoms with Crippen LogP contribution in [0.15, 0.2) is 45.5 Å². The standard InChI is InChI=1S/C19H20N4O3/c1-12-5-6-15(13(2)8-12)20-17(24)11-23-9-14(10-23)19-21-18(22-26-19)16-4-3-7-25-16/h3-8,14H,9-11H2,1-2H3,(H,20,24). The summed E-state index contributed by atoms with van der Waals surface area (Å²) >= 11 is 0. The van der Waals surface area contributed by atoms with Crippen LogP contribution in [0.1, 0.15) is 22.9 Å². The number of carbonyl (C=O) groups is 1. The molecule has 134 valence electrons. The van der Waals surface area contributed by atoms with Gasteiger partial charge in [-0.2, -0.15) is 4.98 Å². The predicted octanol–water partition coefficient (Wildman–Crippen LogP) is 2.98. The summed E-state index contributed by atoms with van der Waals surface area (Å²) in [5.74, 6) is 1.76. The van der Waals surface area contributed by atoms with Crippen LogP contribution in [0.2, 0.25) is 0 Å². The first-order chi connectivity index (χ1) is 12.6. The second-order valence-electron chi connectivity index (χ2n) is 6.69. The minimum Gasteiger partial charge on any atom is -0.461 e. The zero-order chi connectivity index (χ0) is 18.1. The smallest absolute Gasteiger partial charge is 0.238 e. The lowest BCUT2D eigenvalue weighted by Gasteiger charge is -2.36. The molecule has 1 aliphatic rings. The second kappa shape index (κ2) is 6.76. The van der Waals surface area contributed by atoms with E-state index in [9.17, 15) is 4.79 Å². The number of likely N-dealkylation sites (tertiary alicyclic amines) is 1. The Balaban J connectivity index is 1.29. The van der Waals surface area contributed by atoms with Crippen molar-refractivity contribution < 1.29 is 13.7 Å². The number of aryl methyl sites for hydroxylation is 2. The molecule has 26 heavy (non-hydrogen) atoms. The third kappa shape index (κ3) is 3.39. The molecule has 2 aromatic heterocycles. The van der Waals surface area contributed by atoms with E-state index >= 15 is 0 Å². The minimum atomic E-state index is -0.0165. The van der Waals surface area contributed by atoms with Gasteiger partial charge in [0.15, 0.2) is 5.76 Å². The van der Waals surface area contributed by atoms with Crippen molar-refractivity contribution in [3.8, 4) is 11.6 Å². The number of amides is 1. The van der Waals surface area contributed by atoms with Crippen LogP contribution in [0, 0.1) is 13.8 Å². The molecule has 1 amide bonds. The Morgan fingerprint density at radius 2 is 2.15 bits per heavy atom. The van der Waals surface area contributed by atoms with Crippen molar-refractivity contribution in [3.63, 3.8) is 0 Å². The quantitative estimate of drug-likeness (QED) is 0.760. The largest absolute Gasteiger partial charge is 0.461 e. The molecule has 0 saturated carbocycles. The molecule has 0 atom stereocenters. The normalized spacial score (nSPS) is 15.0. The van der Waals surface area contributed by atoms with Gasteiger partial charge in [0, 0.05) is 18.8 Å². The van der Waals surface area contributed by atoms with Gasteiger partial charge in [0.2, 0.25) is 17.6 Å². The number of hydrogen-bond acceptors (Lipinski definition) is 6. The van der Waals surface area contributed by atoms with Crippen LogP contribution in [0.4, 0.5) is 5.69 Å². The van der Waals surface area contributed by atoms with Gasteiger partial charge in [0.25, 0.3) is 0 Å². The molecule has 1 saturated heterocycles. The summed E-state index contributed by atoms with van der Waals surface area (Å²) in [5.41, 5.74) is 3.10. The SMILES string of the molecule is Cc1ccc(NC(=O)CN2CC(c3nc(-c4ccco4)no3)C2)c(C)c1. The summed E-state index contributed by atoms with van der Waals surface area (Å²) in [6.07, 6.45) is 1.57. The molecule has 0 radical (unpaired) electrons. The molecule has 7 nitrogen and oxygen atoms in total. The summed E-state index contributed by atoms with van der Waals surface area (Å²) in [4.78, 5) is 18.7. The van der Waals surface area contributed by atoms with E-state index in [1.807, 2.05) is 26.0 Å². The van der Waals surface area contributed by atoms with Crippen molar-refractivity contribution >= 4 is 11.6 Å². The Morgan fingerprint density at radius 3 is 2.88 bits per heavy atom. The fourth-order valence-corrected chi connectivity index (χ4v) is 3.11. The maximum absolute atomic E-state index is 12.2. The fourth-order valence-electron chi connectivity index (χ4n) is 3.11. The van der Waals surface area contributed by atoms with Gasteiger partial charge >= 0.3 is 0 Å². The number of anilines is 1. The summed E-state index contributed by atoms with van der Waals surface area (Å²) in [5, 5.41) is 6.91. The molecule has 0 aliphatic carbocycles. The zero-order valence-electron chi connectivity index (χ0n) is 14.7. The monoisotopic (exact) mass is 352 g/mol. The highest BCUT2D eigenvalue weighted by Gasteiger charge is 2.33. The zero-order valence-corrected chi connectivity index (χ0v) is 14.7. The third-order valence-electron chi connectivity index (χ3n) is 4.51. The molecule has 3 aromatic rings. The van der Waals surface area contributed by atoms with Crippen molar-refractivity contribution in [1.29, 1.82) is 0 Å². The number of hydrogen-bond donors (Lipinski definition) is 1. The molecule has 1 aliphatic heterocycles. The third-order valence-corrected chi connectivity index (χ3v) is 4.51. The molecule has 0 bridgehead atoms. The fraction of sp³-hybridized carbons (Fsp3) is 0.316. The Bertz CT molecular complexity index is 911. The number of carbonyl (C=O) groups excluding carboxylic acids is 1. The molecule has 7 heteroatoms. The molecule has 1 aromatic carbocycles. The first-order valence-corrected chi connectivity index (χ1v) is 8.55. The van der Waals surface area contributed by atoms with E-state index in [4.69, 9.17) is 8.94 Å². The van der Waals surface area contributed by atoms with E-state index in [2.05, 4.69) is 26.4 Å². The predicted molar refractivity (Wildman–Crippen MR) is 95.7 cm³/mol. The first-order valence-electron chi connectivity index (χ1n) is 8.55. The van der Waals surface area contributed by atoms with Crippen LogP contribution in [0.5, 0.6) is 0 Å². The number of nitrogens with one attached hydrogen (secondary N) is 1. The van der Waals surface area contributed by atoms with Crippen LogP contribution < -0.4 is 5.32 Å². The Hall–Kier alpha value is -2.93. The molecule has 1 fully saturated rings. The average molecular weight is 352 g/mol. The molecular formula is C19H20N4O3. The van der Waals surface area contributed by atoms with Crippen LogP contribution in [0.25, 0.3) is 11.6 Å². The number of benzene rings is 1. The van der Waals surface area contributed by atoms with Crippen molar-refractivity contribution in [1.82, 2.24) is 15.0 Å². The lowest BCUT2D eigenvalue weighted by Crippen LogP contribution is -2.48. The number of aromatic nitrogens is 2. The number of rotatable bonds is 5. The molecule has 3 heterocycles. The van der Waals surface area contributed by atoms with E-state index in [1.165, 1.54) is 5.56 Å². The maximum Gasteiger partial charge on any atom is 0.238 e. The van der Waals surface area contributed by atoms with Gasteiger partial charge in [-0.3, -0.25) is 9.69 Å². The van der Waals surface area contributed by atoms with Gasteiger partial charge in [-0.25, -0.2) is 0 Å². The molecule has 4 rings (SSSR count). The van der Waals surface area contributed by atoms with E-state index in [0.29, 0.717) is 24.0 Å². The van der Waals surface area contributed by atoms with E-state index in [1.54, 1.807) is 18.4 Å². The first kappa shape index (κ1) is 16.5. The van der Waals surface area contributed by atoms with E-state index in [-0.39, 0.29) is 11.8 Å². The summed E-state index contributed by atoms with van der Waals surface area (Å²) in [6, 6.07) is 9.57. The summed E-state index contributed by atoms with van der Waals surface area (Å²) < 4.78 is 10.6.